The predicted molar refractivity (Wildman–Crippen MR) is 78.7 cm³/mol. The van der Waals surface area contributed by atoms with Gasteiger partial charge in [-0.1, -0.05) is 41.5 Å². The number of hydrogen-bond donors (Lipinski definition) is 1. The molecule has 1 rings (SSSR count). The average molecular weight is 255 g/mol. The molecule has 2 nitrogen and oxygen atoms in total. The van der Waals surface area contributed by atoms with Crippen LogP contribution >= 0.6 is 0 Å². The van der Waals surface area contributed by atoms with E-state index >= 15 is 0 Å². The van der Waals surface area contributed by atoms with Gasteiger partial charge in [-0.2, -0.15) is 0 Å². The first-order chi connectivity index (χ1) is 8.25. The number of nitrogens with zero attached hydrogens (tertiary/aromatic N) is 1. The Labute approximate surface area is 114 Å². The molecule has 0 spiro atoms. The van der Waals surface area contributed by atoms with Gasteiger partial charge >= 0.3 is 0 Å². The van der Waals surface area contributed by atoms with Gasteiger partial charge in [-0.05, 0) is 43.1 Å². The lowest BCUT2D eigenvalue weighted by Crippen LogP contribution is -2.50. The summed E-state index contributed by atoms with van der Waals surface area (Å²) in [5, 5.41) is 10.3. The standard InChI is InChI=1S/C16H33NO/c1-7-17(11-12(2)3)14-10-13(16(4,5)6)8-9-15(14)18/h12-15,18H,7-11H2,1-6H3. The van der Waals surface area contributed by atoms with E-state index in [1.54, 1.807) is 0 Å². The Kier molecular flexibility index (Phi) is 5.67. The summed E-state index contributed by atoms with van der Waals surface area (Å²) in [7, 11) is 0. The molecule has 0 bridgehead atoms. The fourth-order valence-electron chi connectivity index (χ4n) is 3.28. The van der Waals surface area contributed by atoms with Crippen LogP contribution in [-0.4, -0.2) is 35.2 Å². The van der Waals surface area contributed by atoms with E-state index in [4.69, 9.17) is 0 Å². The Balaban J connectivity index is 2.71. The first kappa shape index (κ1) is 16.0. The van der Waals surface area contributed by atoms with E-state index in [0.717, 1.165) is 31.8 Å². The number of rotatable bonds is 4. The zero-order valence-corrected chi connectivity index (χ0v) is 13.2. The fourth-order valence-corrected chi connectivity index (χ4v) is 3.28. The molecule has 108 valence electrons. The first-order valence-electron chi connectivity index (χ1n) is 7.67. The topological polar surface area (TPSA) is 23.5 Å². The van der Waals surface area contributed by atoms with Gasteiger partial charge in [0.2, 0.25) is 0 Å². The second kappa shape index (κ2) is 6.38. The van der Waals surface area contributed by atoms with Crippen LogP contribution in [0.4, 0.5) is 0 Å². The molecule has 3 unspecified atom stereocenters. The zero-order chi connectivity index (χ0) is 13.9. The van der Waals surface area contributed by atoms with Gasteiger partial charge in [-0.25, -0.2) is 0 Å². The molecule has 18 heavy (non-hydrogen) atoms. The molecule has 0 radical (unpaired) electrons. The van der Waals surface area contributed by atoms with Crippen LogP contribution < -0.4 is 0 Å². The van der Waals surface area contributed by atoms with E-state index in [2.05, 4.69) is 46.4 Å². The first-order valence-corrected chi connectivity index (χ1v) is 7.67. The second-order valence-electron chi connectivity index (χ2n) is 7.49. The summed E-state index contributed by atoms with van der Waals surface area (Å²) in [6.07, 6.45) is 3.19. The van der Waals surface area contributed by atoms with Crippen molar-refractivity contribution in [1.29, 1.82) is 0 Å². The maximum absolute atomic E-state index is 10.3. The summed E-state index contributed by atoms with van der Waals surface area (Å²) >= 11 is 0. The number of hydrogen-bond acceptors (Lipinski definition) is 2. The molecule has 0 aliphatic heterocycles. The van der Waals surface area contributed by atoms with Crippen molar-refractivity contribution < 1.29 is 5.11 Å². The van der Waals surface area contributed by atoms with Gasteiger partial charge in [0, 0.05) is 12.6 Å². The van der Waals surface area contributed by atoms with Crippen molar-refractivity contribution in [1.82, 2.24) is 4.90 Å². The zero-order valence-electron chi connectivity index (χ0n) is 13.2. The summed E-state index contributed by atoms with van der Waals surface area (Å²) in [6.45, 7) is 15.9. The number of aliphatic hydroxyl groups excluding tert-OH is 1. The van der Waals surface area contributed by atoms with Gasteiger partial charge in [0.1, 0.15) is 0 Å². The van der Waals surface area contributed by atoms with Crippen molar-refractivity contribution >= 4 is 0 Å². The fraction of sp³-hybridized carbons (Fsp3) is 1.00. The van der Waals surface area contributed by atoms with Crippen molar-refractivity contribution in [2.75, 3.05) is 13.1 Å². The molecule has 1 N–H and O–H groups in total. The van der Waals surface area contributed by atoms with Crippen molar-refractivity contribution in [2.24, 2.45) is 17.3 Å². The van der Waals surface area contributed by atoms with E-state index in [1.165, 1.54) is 6.42 Å². The maximum atomic E-state index is 10.3. The summed E-state index contributed by atoms with van der Waals surface area (Å²) in [5.74, 6) is 1.42. The van der Waals surface area contributed by atoms with Gasteiger partial charge in [-0.15, -0.1) is 0 Å². The molecule has 1 saturated carbocycles. The van der Waals surface area contributed by atoms with E-state index in [9.17, 15) is 5.11 Å². The summed E-state index contributed by atoms with van der Waals surface area (Å²) in [4.78, 5) is 2.49. The highest BCUT2D eigenvalue weighted by Gasteiger charge is 2.37. The molecule has 2 heteroatoms. The van der Waals surface area contributed by atoms with Crippen LogP contribution in [0.5, 0.6) is 0 Å². The Bertz CT molecular complexity index is 244. The number of likely N-dealkylation sites (N-methyl/N-ethyl adjacent to an activating group) is 1. The van der Waals surface area contributed by atoms with E-state index in [0.29, 0.717) is 17.4 Å². The molecule has 0 aromatic heterocycles. The molecule has 1 aliphatic rings. The Morgan fingerprint density at radius 1 is 1.22 bits per heavy atom. The smallest absolute Gasteiger partial charge is 0.0695 e. The minimum absolute atomic E-state index is 0.123. The largest absolute Gasteiger partial charge is 0.391 e. The molecule has 0 amide bonds. The molecular formula is C16H33NO. The normalized spacial score (nSPS) is 30.2. The van der Waals surface area contributed by atoms with Crippen molar-refractivity contribution in [3.8, 4) is 0 Å². The van der Waals surface area contributed by atoms with Crippen LogP contribution in [0.3, 0.4) is 0 Å². The lowest BCUT2D eigenvalue weighted by Gasteiger charge is -2.44. The van der Waals surface area contributed by atoms with Crippen LogP contribution in [0.2, 0.25) is 0 Å². The van der Waals surface area contributed by atoms with E-state index in [1.807, 2.05) is 0 Å². The Morgan fingerprint density at radius 3 is 2.28 bits per heavy atom. The molecule has 1 fully saturated rings. The SMILES string of the molecule is CCN(CC(C)C)C1CC(C(C)(C)C)CCC1O. The Hall–Kier alpha value is -0.0800. The van der Waals surface area contributed by atoms with Gasteiger partial charge in [0.15, 0.2) is 0 Å². The van der Waals surface area contributed by atoms with Gasteiger partial charge < -0.3 is 5.11 Å². The molecule has 3 atom stereocenters. The summed E-state index contributed by atoms with van der Waals surface area (Å²) < 4.78 is 0. The maximum Gasteiger partial charge on any atom is 0.0695 e. The van der Waals surface area contributed by atoms with Gasteiger partial charge in [-0.3, -0.25) is 4.90 Å². The van der Waals surface area contributed by atoms with Crippen LogP contribution in [0.1, 0.15) is 60.8 Å². The third kappa shape index (κ3) is 4.24. The van der Waals surface area contributed by atoms with Crippen molar-refractivity contribution in [3.63, 3.8) is 0 Å². The van der Waals surface area contributed by atoms with Crippen LogP contribution in [0.15, 0.2) is 0 Å². The second-order valence-corrected chi connectivity index (χ2v) is 7.49. The summed E-state index contributed by atoms with van der Waals surface area (Å²) in [6, 6.07) is 0.371. The minimum atomic E-state index is -0.123. The third-order valence-electron chi connectivity index (χ3n) is 4.48. The van der Waals surface area contributed by atoms with Gasteiger partial charge in [0.25, 0.3) is 0 Å². The summed E-state index contributed by atoms with van der Waals surface area (Å²) in [5.41, 5.74) is 0.371. The Morgan fingerprint density at radius 2 is 1.83 bits per heavy atom. The lowest BCUT2D eigenvalue weighted by atomic mass is 9.70. The van der Waals surface area contributed by atoms with E-state index < -0.39 is 0 Å². The van der Waals surface area contributed by atoms with Crippen molar-refractivity contribution in [3.05, 3.63) is 0 Å². The molecule has 1 aliphatic carbocycles. The van der Waals surface area contributed by atoms with Crippen LogP contribution in [0, 0.1) is 17.3 Å². The van der Waals surface area contributed by atoms with Crippen LogP contribution in [-0.2, 0) is 0 Å². The quantitative estimate of drug-likeness (QED) is 0.830. The molecule has 0 heterocycles. The lowest BCUT2D eigenvalue weighted by molar-refractivity contribution is -0.0189. The highest BCUT2D eigenvalue weighted by Crippen LogP contribution is 2.39. The molecule has 0 aromatic carbocycles. The highest BCUT2D eigenvalue weighted by atomic mass is 16.3. The minimum Gasteiger partial charge on any atom is -0.391 e. The number of aliphatic hydroxyl groups is 1. The third-order valence-corrected chi connectivity index (χ3v) is 4.48. The molecular weight excluding hydrogens is 222 g/mol. The van der Waals surface area contributed by atoms with E-state index in [-0.39, 0.29) is 6.10 Å². The highest BCUT2D eigenvalue weighted by molar-refractivity contribution is 4.90. The molecule has 0 saturated heterocycles. The monoisotopic (exact) mass is 255 g/mol. The van der Waals surface area contributed by atoms with Crippen LogP contribution in [0.25, 0.3) is 0 Å². The van der Waals surface area contributed by atoms with Crippen molar-refractivity contribution in [2.45, 2.75) is 73.0 Å². The van der Waals surface area contributed by atoms with Gasteiger partial charge in [0.05, 0.1) is 6.10 Å². The predicted octanol–water partition coefficient (Wildman–Crippen LogP) is 3.54. The average Bonchev–Trinajstić information content (AvgIpc) is 2.25. The molecule has 0 aromatic rings.